The molecule has 1 saturated carbocycles. The van der Waals surface area contributed by atoms with Crippen LogP contribution in [0, 0.1) is 36.0 Å². The molecule has 3 atom stereocenters. The van der Waals surface area contributed by atoms with Gasteiger partial charge in [0.2, 0.25) is 5.91 Å². The summed E-state index contributed by atoms with van der Waals surface area (Å²) in [5.41, 5.74) is 7.04. The Kier molecular flexibility index (Phi) is 13.8. The van der Waals surface area contributed by atoms with E-state index in [1.165, 1.54) is 0 Å². The van der Waals surface area contributed by atoms with Gasteiger partial charge in [0.05, 0.1) is 36.5 Å². The molecule has 1 aliphatic carbocycles. The summed E-state index contributed by atoms with van der Waals surface area (Å²) in [6.07, 6.45) is 8.40. The Morgan fingerprint density at radius 2 is 1.72 bits per heavy atom. The normalized spacial score (nSPS) is 23.0. The predicted molar refractivity (Wildman–Crippen MR) is 267 cm³/mol. The van der Waals surface area contributed by atoms with Crippen molar-refractivity contribution in [1.82, 2.24) is 44.9 Å². The Morgan fingerprint density at radius 3 is 2.38 bits per heavy atom. The van der Waals surface area contributed by atoms with Crippen molar-refractivity contribution in [3.05, 3.63) is 94.1 Å². The number of hydrogen-bond donors (Lipinski definition) is 1. The van der Waals surface area contributed by atoms with E-state index in [0.29, 0.717) is 66.2 Å². The lowest BCUT2D eigenvalue weighted by Gasteiger charge is -2.44. The number of anilines is 3. The molecule has 15 nitrogen and oxygen atoms in total. The molecule has 2 amide bonds. The molecule has 0 radical (unpaired) electrons. The van der Waals surface area contributed by atoms with E-state index in [-0.39, 0.29) is 35.6 Å². The second kappa shape index (κ2) is 20.4. The second-order valence-corrected chi connectivity index (χ2v) is 20.9. The van der Waals surface area contributed by atoms with E-state index < -0.39 is 6.43 Å². The molecular formula is C54H66F2N12O3. The van der Waals surface area contributed by atoms with Crippen molar-refractivity contribution >= 4 is 29.1 Å². The van der Waals surface area contributed by atoms with Gasteiger partial charge in [-0.25, -0.2) is 8.78 Å². The lowest BCUT2D eigenvalue weighted by molar-refractivity contribution is -0.129. The van der Waals surface area contributed by atoms with Crippen LogP contribution in [0.2, 0.25) is 0 Å². The Balaban J connectivity index is 0.747. The molecular weight excluding hydrogens is 903 g/mol. The van der Waals surface area contributed by atoms with E-state index in [9.17, 15) is 23.6 Å². The fraction of sp³-hybridized carbons (Fsp3) is 0.537. The SMILES string of the molecule is CC(=O)N1CCc2c(c(N3CCCc4cc(-c5cnn(C)c5)c(C(F)F)cc43)nn2C2CCN(CC3[C@H](C)CN(c4ccc(C(=O)NC5CCC(Oc6ccc(C#N)c(C)c6)CC5)nn4)C[C@@H]3C)CC2)C1. The molecule has 3 aromatic heterocycles. The Bertz CT molecular complexity index is 2780. The van der Waals surface area contributed by atoms with Crippen LogP contribution in [-0.2, 0) is 31.2 Å². The van der Waals surface area contributed by atoms with Gasteiger partial charge in [-0.2, -0.15) is 15.5 Å². The largest absolute Gasteiger partial charge is 0.490 e. The minimum absolute atomic E-state index is 0.0113. The van der Waals surface area contributed by atoms with Crippen LogP contribution >= 0.6 is 0 Å². The molecule has 0 bridgehead atoms. The number of alkyl halides is 2. The van der Waals surface area contributed by atoms with Gasteiger partial charge < -0.3 is 29.7 Å². The predicted octanol–water partition coefficient (Wildman–Crippen LogP) is 8.35. The maximum Gasteiger partial charge on any atom is 0.272 e. The number of rotatable bonds is 11. The maximum atomic E-state index is 14.8. The first-order valence-corrected chi connectivity index (χ1v) is 25.7. The molecule has 10 rings (SSSR count). The van der Waals surface area contributed by atoms with Gasteiger partial charge in [0.25, 0.3) is 12.3 Å². The zero-order valence-corrected chi connectivity index (χ0v) is 41.7. The number of likely N-dealkylation sites (tertiary alicyclic amines) is 1. The van der Waals surface area contributed by atoms with Crippen molar-refractivity contribution < 1.29 is 23.1 Å². The summed E-state index contributed by atoms with van der Waals surface area (Å²) in [4.78, 5) is 34.9. The van der Waals surface area contributed by atoms with Gasteiger partial charge in [-0.1, -0.05) is 13.8 Å². The molecule has 5 aromatic rings. The Hall–Kier alpha value is -6.41. The van der Waals surface area contributed by atoms with E-state index in [1.807, 2.05) is 36.1 Å². The minimum atomic E-state index is -2.66. The van der Waals surface area contributed by atoms with E-state index in [4.69, 9.17) is 9.84 Å². The van der Waals surface area contributed by atoms with E-state index in [0.717, 1.165) is 130 Å². The molecule has 71 heavy (non-hydrogen) atoms. The highest BCUT2D eigenvalue weighted by molar-refractivity contribution is 5.92. The zero-order chi connectivity index (χ0) is 49.5. The third kappa shape index (κ3) is 10.1. The monoisotopic (exact) mass is 969 g/mol. The van der Waals surface area contributed by atoms with Crippen LogP contribution in [0.5, 0.6) is 5.75 Å². The Labute approximate surface area is 415 Å². The number of amides is 2. The van der Waals surface area contributed by atoms with Crippen LogP contribution in [-0.4, -0.2) is 109 Å². The van der Waals surface area contributed by atoms with Crippen LogP contribution < -0.4 is 19.9 Å². The number of aryl methyl sites for hydroxylation is 3. The fourth-order valence-corrected chi connectivity index (χ4v) is 12.1. The molecule has 1 unspecified atom stereocenters. The van der Waals surface area contributed by atoms with Crippen LogP contribution in [0.3, 0.4) is 0 Å². The van der Waals surface area contributed by atoms with Crippen LogP contribution in [0.25, 0.3) is 11.1 Å². The number of piperidine rings is 2. The second-order valence-electron chi connectivity index (χ2n) is 20.9. The number of fused-ring (bicyclic) bond motifs is 2. The third-order valence-electron chi connectivity index (χ3n) is 16.1. The van der Waals surface area contributed by atoms with Crippen LogP contribution in [0.1, 0.15) is 122 Å². The summed E-state index contributed by atoms with van der Waals surface area (Å²) in [6.45, 7) is 14.6. The lowest BCUT2D eigenvalue weighted by Crippen LogP contribution is -2.50. The minimum Gasteiger partial charge on any atom is -0.490 e. The molecule has 0 spiro atoms. The summed E-state index contributed by atoms with van der Waals surface area (Å²) in [6, 6.07) is 15.3. The summed E-state index contributed by atoms with van der Waals surface area (Å²) in [7, 11) is 1.79. The smallest absolute Gasteiger partial charge is 0.272 e. The Morgan fingerprint density at radius 1 is 0.944 bits per heavy atom. The highest BCUT2D eigenvalue weighted by Gasteiger charge is 2.38. The van der Waals surface area contributed by atoms with E-state index in [1.54, 1.807) is 49.2 Å². The number of nitrogens with one attached hydrogen (secondary N) is 1. The molecule has 17 heteroatoms. The quantitative estimate of drug-likeness (QED) is 0.136. The summed E-state index contributed by atoms with van der Waals surface area (Å²) in [5, 5.41) is 31.0. The average Bonchev–Trinajstić information content (AvgIpc) is 3.98. The van der Waals surface area contributed by atoms with Crippen molar-refractivity contribution in [3.63, 3.8) is 0 Å². The molecule has 3 fully saturated rings. The van der Waals surface area contributed by atoms with Crippen LogP contribution in [0.15, 0.2) is 54.9 Å². The summed E-state index contributed by atoms with van der Waals surface area (Å²) < 4.78 is 39.7. The number of nitriles is 1. The number of hydrogen-bond acceptors (Lipinski definition) is 11. The topological polar surface area (TPSA) is 154 Å². The first kappa shape index (κ1) is 48.2. The zero-order valence-electron chi connectivity index (χ0n) is 41.7. The number of carbonyl (C=O) groups excluding carboxylic acids is 2. The molecule has 2 saturated heterocycles. The number of nitrogens with zero attached hydrogens (tertiary/aromatic N) is 11. The van der Waals surface area contributed by atoms with E-state index in [2.05, 4.69) is 59.9 Å². The first-order chi connectivity index (χ1) is 34.3. The van der Waals surface area contributed by atoms with Crippen molar-refractivity contribution in [2.24, 2.45) is 24.8 Å². The van der Waals surface area contributed by atoms with Gasteiger partial charge in [0, 0.05) is 107 Å². The molecule has 1 N–H and O–H groups in total. The van der Waals surface area contributed by atoms with Crippen LogP contribution in [0.4, 0.5) is 26.1 Å². The molecule has 4 aliphatic heterocycles. The standard InChI is InChI=1S/C54H66F2N12O3/c1-33-23-43(11-8-38(33)26-57)71-42-12-9-40(10-13-42)59-54(70)48-14-15-51(61-60-48)66-28-34(2)46(35(3)29-66)31-64-20-16-41(17-21-64)68-49-18-22-65(36(4)69)32-47(49)53(62-68)67-19-6-7-37-24-44(39-27-58-63(5)30-39)45(52(55)56)25-50(37)67/h8,11,14-15,23-25,27,30,34-35,40-42,46,52H,6-7,9-10,12-13,16-22,28-29,31-32H2,1-5H3,(H,59,70)/t34-,35+,40?,42?,46?. The average molecular weight is 969 g/mol. The van der Waals surface area contributed by atoms with Crippen molar-refractivity contribution in [1.29, 1.82) is 5.26 Å². The van der Waals surface area contributed by atoms with Crippen molar-refractivity contribution in [3.8, 4) is 22.9 Å². The van der Waals surface area contributed by atoms with Gasteiger partial charge in [-0.15, -0.1) is 10.2 Å². The van der Waals surface area contributed by atoms with Gasteiger partial charge >= 0.3 is 0 Å². The number of benzene rings is 2. The van der Waals surface area contributed by atoms with Crippen molar-refractivity contribution in [2.45, 2.75) is 117 Å². The van der Waals surface area contributed by atoms with E-state index >= 15 is 0 Å². The van der Waals surface area contributed by atoms with Gasteiger partial charge in [-0.3, -0.25) is 19.0 Å². The van der Waals surface area contributed by atoms with Gasteiger partial charge in [0.15, 0.2) is 17.3 Å². The van der Waals surface area contributed by atoms with Crippen molar-refractivity contribution in [2.75, 3.05) is 55.6 Å². The number of aromatic nitrogens is 6. The summed E-state index contributed by atoms with van der Waals surface area (Å²) >= 11 is 0. The summed E-state index contributed by atoms with van der Waals surface area (Å²) in [5.74, 6) is 3.52. The molecule has 2 aromatic carbocycles. The first-order valence-electron chi connectivity index (χ1n) is 25.7. The van der Waals surface area contributed by atoms with Gasteiger partial charge in [0.1, 0.15) is 5.75 Å². The third-order valence-corrected chi connectivity index (χ3v) is 16.1. The lowest BCUT2D eigenvalue weighted by atomic mass is 9.79. The highest BCUT2D eigenvalue weighted by atomic mass is 19.3. The number of carbonyl (C=O) groups is 2. The molecule has 7 heterocycles. The number of halogens is 2. The van der Waals surface area contributed by atoms with Gasteiger partial charge in [-0.05, 0) is 135 Å². The number of ether oxygens (including phenoxy) is 1. The highest BCUT2D eigenvalue weighted by Crippen LogP contribution is 2.44. The maximum absolute atomic E-state index is 14.8. The molecule has 374 valence electrons. The fourth-order valence-electron chi connectivity index (χ4n) is 12.1. The molecule has 5 aliphatic rings.